The first-order valence-electron chi connectivity index (χ1n) is 7.84. The number of benzene rings is 2. The largest absolute Gasteiger partial charge is 0.311 e. The van der Waals surface area contributed by atoms with Gasteiger partial charge in [0.2, 0.25) is 5.78 Å². The van der Waals surface area contributed by atoms with Crippen molar-refractivity contribution in [1.82, 2.24) is 4.40 Å². The van der Waals surface area contributed by atoms with Gasteiger partial charge in [-0.3, -0.25) is 4.79 Å². The van der Waals surface area contributed by atoms with E-state index in [0.717, 1.165) is 16.3 Å². The molecule has 0 saturated heterocycles. The molecule has 0 saturated carbocycles. The van der Waals surface area contributed by atoms with Crippen molar-refractivity contribution in [2.75, 3.05) is 0 Å². The molecule has 0 amide bonds. The number of nitrogens with zero attached hydrogens (tertiary/aromatic N) is 2. The SMILES string of the molecule is Cc1c(C#N)c2c3ccccc3ccn2c1C(=O)c1ccc(Cl)cc1. The van der Waals surface area contributed by atoms with Crippen molar-refractivity contribution in [3.63, 3.8) is 0 Å². The van der Waals surface area contributed by atoms with Gasteiger partial charge in [0.1, 0.15) is 6.07 Å². The Kier molecular flexibility index (Phi) is 3.56. The van der Waals surface area contributed by atoms with Crippen molar-refractivity contribution in [3.05, 3.63) is 88.2 Å². The number of pyridine rings is 1. The zero-order valence-electron chi connectivity index (χ0n) is 13.5. The minimum Gasteiger partial charge on any atom is -0.311 e. The molecule has 0 fully saturated rings. The molecule has 0 aliphatic heterocycles. The topological polar surface area (TPSA) is 45.3 Å². The summed E-state index contributed by atoms with van der Waals surface area (Å²) < 4.78 is 1.83. The van der Waals surface area contributed by atoms with E-state index in [-0.39, 0.29) is 5.78 Å². The average Bonchev–Trinajstić information content (AvgIpc) is 2.93. The maximum absolute atomic E-state index is 13.1. The molecule has 0 atom stereocenters. The highest BCUT2D eigenvalue weighted by Gasteiger charge is 2.22. The smallest absolute Gasteiger partial charge is 0.210 e. The monoisotopic (exact) mass is 344 g/mol. The first-order chi connectivity index (χ1) is 12.1. The third kappa shape index (κ3) is 2.31. The predicted molar refractivity (Wildman–Crippen MR) is 99.2 cm³/mol. The predicted octanol–water partition coefficient (Wildman–Crippen LogP) is 5.16. The lowest BCUT2D eigenvalue weighted by atomic mass is 10.0. The van der Waals surface area contributed by atoms with Gasteiger partial charge in [0.15, 0.2) is 0 Å². The van der Waals surface area contributed by atoms with Crippen LogP contribution in [0.15, 0.2) is 60.8 Å². The van der Waals surface area contributed by atoms with Crippen molar-refractivity contribution in [2.45, 2.75) is 6.92 Å². The van der Waals surface area contributed by atoms with E-state index >= 15 is 0 Å². The standard InChI is InChI=1S/C21H13ClN2O/c1-13-18(12-23)20-17-5-3-2-4-14(17)10-11-24(20)19(13)21(25)15-6-8-16(22)9-7-15/h2-11H,1H3. The van der Waals surface area contributed by atoms with Crippen LogP contribution >= 0.6 is 11.6 Å². The van der Waals surface area contributed by atoms with E-state index in [2.05, 4.69) is 6.07 Å². The van der Waals surface area contributed by atoms with Crippen LogP contribution in [-0.2, 0) is 0 Å². The van der Waals surface area contributed by atoms with Gasteiger partial charge < -0.3 is 4.40 Å². The Morgan fingerprint density at radius 2 is 1.80 bits per heavy atom. The van der Waals surface area contributed by atoms with E-state index in [9.17, 15) is 10.1 Å². The highest BCUT2D eigenvalue weighted by Crippen LogP contribution is 2.30. The fraction of sp³-hybridized carbons (Fsp3) is 0.0476. The molecule has 2 aromatic carbocycles. The summed E-state index contributed by atoms with van der Waals surface area (Å²) in [4.78, 5) is 13.1. The van der Waals surface area contributed by atoms with Crippen LogP contribution in [0.25, 0.3) is 16.3 Å². The van der Waals surface area contributed by atoms with Crippen LogP contribution in [0.4, 0.5) is 0 Å². The second-order valence-corrected chi connectivity index (χ2v) is 6.35. The van der Waals surface area contributed by atoms with Gasteiger partial charge in [-0.2, -0.15) is 5.26 Å². The highest BCUT2D eigenvalue weighted by molar-refractivity contribution is 6.30. The summed E-state index contributed by atoms with van der Waals surface area (Å²) in [6, 6.07) is 18.9. The van der Waals surface area contributed by atoms with Crippen molar-refractivity contribution < 1.29 is 4.79 Å². The number of nitriles is 1. The highest BCUT2D eigenvalue weighted by atomic mass is 35.5. The molecule has 4 rings (SSSR count). The second kappa shape index (κ2) is 5.77. The molecule has 4 heteroatoms. The molecule has 0 radical (unpaired) electrons. The van der Waals surface area contributed by atoms with Gasteiger partial charge >= 0.3 is 0 Å². The zero-order chi connectivity index (χ0) is 17.6. The second-order valence-electron chi connectivity index (χ2n) is 5.92. The van der Waals surface area contributed by atoms with Crippen molar-refractivity contribution in [2.24, 2.45) is 0 Å². The Morgan fingerprint density at radius 3 is 2.52 bits per heavy atom. The quantitative estimate of drug-likeness (QED) is 0.472. The number of halogens is 1. The number of carbonyl (C=O) groups is 1. The minimum absolute atomic E-state index is 0.124. The maximum Gasteiger partial charge on any atom is 0.210 e. The summed E-state index contributed by atoms with van der Waals surface area (Å²) in [6.45, 7) is 1.82. The third-order valence-corrected chi connectivity index (χ3v) is 4.75. The summed E-state index contributed by atoms with van der Waals surface area (Å²) in [5.74, 6) is -0.124. The summed E-state index contributed by atoms with van der Waals surface area (Å²) in [6.07, 6.45) is 1.86. The van der Waals surface area contributed by atoms with Gasteiger partial charge in [-0.25, -0.2) is 0 Å². The number of rotatable bonds is 2. The number of hydrogen-bond acceptors (Lipinski definition) is 2. The van der Waals surface area contributed by atoms with Crippen LogP contribution < -0.4 is 0 Å². The Labute approximate surface area is 149 Å². The molecular weight excluding hydrogens is 332 g/mol. The molecule has 0 aliphatic rings. The number of carbonyl (C=O) groups excluding carboxylic acids is 1. The molecule has 0 unspecified atom stereocenters. The summed E-state index contributed by atoms with van der Waals surface area (Å²) in [5.41, 5.74) is 3.06. The zero-order valence-corrected chi connectivity index (χ0v) is 14.2. The summed E-state index contributed by atoms with van der Waals surface area (Å²) in [7, 11) is 0. The first kappa shape index (κ1) is 15.4. The van der Waals surface area contributed by atoms with E-state index in [4.69, 9.17) is 11.6 Å². The Balaban J connectivity index is 2.06. The molecule has 4 aromatic rings. The van der Waals surface area contributed by atoms with Gasteiger partial charge in [-0.15, -0.1) is 0 Å². The van der Waals surface area contributed by atoms with E-state index in [0.29, 0.717) is 27.4 Å². The van der Waals surface area contributed by atoms with E-state index in [1.807, 2.05) is 47.9 Å². The summed E-state index contributed by atoms with van der Waals surface area (Å²) in [5, 5.41) is 12.3. The molecule has 0 spiro atoms. The normalized spacial score (nSPS) is 10.9. The van der Waals surface area contributed by atoms with Crippen LogP contribution in [-0.4, -0.2) is 10.2 Å². The fourth-order valence-electron chi connectivity index (χ4n) is 3.29. The molecule has 120 valence electrons. The van der Waals surface area contributed by atoms with Crippen LogP contribution in [0.5, 0.6) is 0 Å². The molecular formula is C21H13ClN2O. The first-order valence-corrected chi connectivity index (χ1v) is 8.22. The van der Waals surface area contributed by atoms with E-state index in [1.54, 1.807) is 24.3 Å². The van der Waals surface area contributed by atoms with E-state index in [1.165, 1.54) is 0 Å². The molecule has 2 heterocycles. The fourth-order valence-corrected chi connectivity index (χ4v) is 3.42. The molecule has 0 bridgehead atoms. The van der Waals surface area contributed by atoms with Crippen molar-refractivity contribution in [1.29, 1.82) is 5.26 Å². The van der Waals surface area contributed by atoms with Crippen molar-refractivity contribution >= 4 is 33.7 Å². The van der Waals surface area contributed by atoms with Gasteiger partial charge in [-0.05, 0) is 48.2 Å². The molecule has 25 heavy (non-hydrogen) atoms. The van der Waals surface area contributed by atoms with Crippen LogP contribution in [0.1, 0.15) is 27.2 Å². The summed E-state index contributed by atoms with van der Waals surface area (Å²) >= 11 is 5.92. The Bertz CT molecular complexity index is 1180. The Hall–Kier alpha value is -3.09. The molecule has 3 nitrogen and oxygen atoms in total. The number of hydrogen-bond donors (Lipinski definition) is 0. The number of ketones is 1. The Morgan fingerprint density at radius 1 is 1.08 bits per heavy atom. The lowest BCUT2D eigenvalue weighted by Gasteiger charge is -2.06. The van der Waals surface area contributed by atoms with Crippen LogP contribution in [0.3, 0.4) is 0 Å². The van der Waals surface area contributed by atoms with Gasteiger partial charge in [0, 0.05) is 22.2 Å². The maximum atomic E-state index is 13.1. The van der Waals surface area contributed by atoms with Gasteiger partial charge in [0.25, 0.3) is 0 Å². The number of aromatic nitrogens is 1. The van der Waals surface area contributed by atoms with E-state index < -0.39 is 0 Å². The lowest BCUT2D eigenvalue weighted by molar-refractivity contribution is 0.103. The molecule has 0 N–H and O–H groups in total. The van der Waals surface area contributed by atoms with Crippen LogP contribution in [0.2, 0.25) is 5.02 Å². The van der Waals surface area contributed by atoms with Crippen molar-refractivity contribution in [3.8, 4) is 6.07 Å². The number of fused-ring (bicyclic) bond motifs is 3. The molecule has 0 aliphatic carbocycles. The third-order valence-electron chi connectivity index (χ3n) is 4.50. The average molecular weight is 345 g/mol. The van der Waals surface area contributed by atoms with Crippen LogP contribution in [0, 0.1) is 18.3 Å². The lowest BCUT2D eigenvalue weighted by Crippen LogP contribution is -2.06. The molecule has 2 aromatic heterocycles. The minimum atomic E-state index is -0.124. The van der Waals surface area contributed by atoms with Gasteiger partial charge in [-0.1, -0.05) is 35.9 Å². The van der Waals surface area contributed by atoms with Gasteiger partial charge in [0.05, 0.1) is 16.8 Å².